The lowest BCUT2D eigenvalue weighted by Crippen LogP contribution is -2.31. The van der Waals surface area contributed by atoms with Crippen molar-refractivity contribution in [1.82, 2.24) is 4.57 Å². The number of benzene rings is 5. The molecular formula is C37H24N4O2. The van der Waals surface area contributed by atoms with Crippen molar-refractivity contribution in [2.45, 2.75) is 20.8 Å². The standard InChI is InChI=1S/C37H24N4O2/c1-21-14-22(2)35(23(3)15-21)41-36(42)29-9-7-11-33(34(29)37(41)43)40-31-10-6-5-8-28(31)30-19-25(12-13-32(30)40)26-16-24(20-38)17-27(18-26)39-4/h5-19H,1-3H3. The van der Waals surface area contributed by atoms with Gasteiger partial charge in [-0.1, -0.05) is 48.0 Å². The molecule has 6 aromatic rings. The van der Waals surface area contributed by atoms with Crippen molar-refractivity contribution in [2.75, 3.05) is 4.90 Å². The highest BCUT2D eigenvalue weighted by molar-refractivity contribution is 6.36. The number of hydrogen-bond acceptors (Lipinski definition) is 3. The molecule has 5 aromatic carbocycles. The van der Waals surface area contributed by atoms with Crippen molar-refractivity contribution in [3.8, 4) is 22.9 Å². The summed E-state index contributed by atoms with van der Waals surface area (Å²) in [7, 11) is 0. The van der Waals surface area contributed by atoms with Gasteiger partial charge in [0.05, 0.1) is 46.2 Å². The zero-order chi connectivity index (χ0) is 30.0. The third-order valence-corrected chi connectivity index (χ3v) is 8.17. The second kappa shape index (κ2) is 9.55. The molecule has 6 nitrogen and oxygen atoms in total. The number of carbonyl (C=O) groups excluding carboxylic acids is 2. The number of fused-ring (bicyclic) bond motifs is 4. The third kappa shape index (κ3) is 3.85. The Labute approximate surface area is 248 Å². The zero-order valence-electron chi connectivity index (χ0n) is 23.8. The molecule has 0 aliphatic carbocycles. The van der Waals surface area contributed by atoms with Crippen LogP contribution < -0.4 is 4.90 Å². The third-order valence-electron chi connectivity index (χ3n) is 8.17. The highest BCUT2D eigenvalue weighted by atomic mass is 16.2. The van der Waals surface area contributed by atoms with Crippen LogP contribution in [-0.4, -0.2) is 16.4 Å². The molecule has 0 spiro atoms. The van der Waals surface area contributed by atoms with E-state index in [0.29, 0.717) is 33.8 Å². The van der Waals surface area contributed by atoms with Crippen LogP contribution in [0, 0.1) is 38.7 Å². The van der Waals surface area contributed by atoms with E-state index in [1.165, 1.54) is 4.90 Å². The topological polar surface area (TPSA) is 70.5 Å². The Morgan fingerprint density at radius 2 is 1.49 bits per heavy atom. The first-order chi connectivity index (χ1) is 20.8. The van der Waals surface area contributed by atoms with Gasteiger partial charge in [0.25, 0.3) is 11.8 Å². The summed E-state index contributed by atoms with van der Waals surface area (Å²) in [6.07, 6.45) is 0. The molecule has 7 rings (SSSR count). The van der Waals surface area contributed by atoms with Crippen molar-refractivity contribution in [3.63, 3.8) is 0 Å². The number of aromatic nitrogens is 1. The van der Waals surface area contributed by atoms with Gasteiger partial charge < -0.3 is 4.57 Å². The summed E-state index contributed by atoms with van der Waals surface area (Å²) in [5.41, 5.74) is 9.12. The molecule has 1 aromatic heterocycles. The molecule has 0 radical (unpaired) electrons. The highest BCUT2D eigenvalue weighted by Gasteiger charge is 2.40. The number of amides is 2. The van der Waals surface area contributed by atoms with E-state index in [1.807, 2.05) is 86.0 Å². The van der Waals surface area contributed by atoms with Crippen molar-refractivity contribution < 1.29 is 9.59 Å². The van der Waals surface area contributed by atoms with E-state index in [4.69, 9.17) is 6.57 Å². The summed E-state index contributed by atoms with van der Waals surface area (Å²) < 4.78 is 2.05. The monoisotopic (exact) mass is 556 g/mol. The summed E-state index contributed by atoms with van der Waals surface area (Å²) in [6, 6.07) is 30.7. The molecule has 0 bridgehead atoms. The number of nitriles is 1. The van der Waals surface area contributed by atoms with Gasteiger partial charge in [-0.05, 0) is 91.6 Å². The first-order valence-corrected chi connectivity index (χ1v) is 13.9. The van der Waals surface area contributed by atoms with E-state index in [0.717, 1.165) is 49.6 Å². The maximum Gasteiger partial charge on any atom is 0.268 e. The van der Waals surface area contributed by atoms with Crippen LogP contribution in [0.1, 0.15) is 43.0 Å². The van der Waals surface area contributed by atoms with Crippen LogP contribution in [0.4, 0.5) is 11.4 Å². The van der Waals surface area contributed by atoms with Crippen LogP contribution in [0.5, 0.6) is 0 Å². The van der Waals surface area contributed by atoms with Crippen molar-refractivity contribution >= 4 is 45.0 Å². The van der Waals surface area contributed by atoms with Crippen LogP contribution in [0.25, 0.3) is 43.5 Å². The van der Waals surface area contributed by atoms with Gasteiger partial charge in [0.1, 0.15) is 0 Å². The van der Waals surface area contributed by atoms with Crippen molar-refractivity contribution in [1.29, 1.82) is 5.26 Å². The fourth-order valence-corrected chi connectivity index (χ4v) is 6.50. The van der Waals surface area contributed by atoms with Gasteiger partial charge in [-0.2, -0.15) is 5.26 Å². The predicted octanol–water partition coefficient (Wildman–Crippen LogP) is 8.60. The van der Waals surface area contributed by atoms with Gasteiger partial charge in [0.2, 0.25) is 0 Å². The molecule has 0 unspecified atom stereocenters. The van der Waals surface area contributed by atoms with Gasteiger partial charge in [0, 0.05) is 16.3 Å². The lowest BCUT2D eigenvalue weighted by atomic mass is 10.00. The fraction of sp³-hybridized carbons (Fsp3) is 0.0811. The van der Waals surface area contributed by atoms with Gasteiger partial charge >= 0.3 is 0 Å². The zero-order valence-corrected chi connectivity index (χ0v) is 23.8. The quantitative estimate of drug-likeness (QED) is 0.162. The van der Waals surface area contributed by atoms with Gasteiger partial charge in [-0.25, -0.2) is 9.74 Å². The van der Waals surface area contributed by atoms with Gasteiger partial charge in [0.15, 0.2) is 5.69 Å². The Balaban J connectivity index is 1.45. The highest BCUT2D eigenvalue weighted by Crippen LogP contribution is 2.40. The fourth-order valence-electron chi connectivity index (χ4n) is 6.50. The SMILES string of the molecule is [C-]#[N+]c1cc(C#N)cc(-c2ccc3c(c2)c2ccccc2n3-c2cccc3c2C(=O)N(c2c(C)cc(C)cc2C)C3=O)c1. The molecule has 0 atom stereocenters. The Bertz CT molecular complexity index is 2240. The number of carbonyl (C=O) groups is 2. The van der Waals surface area contributed by atoms with E-state index in [2.05, 4.69) is 17.0 Å². The Hall–Kier alpha value is -5.98. The lowest BCUT2D eigenvalue weighted by Gasteiger charge is -2.20. The minimum atomic E-state index is -0.340. The van der Waals surface area contributed by atoms with Gasteiger partial charge in [-0.15, -0.1) is 0 Å². The minimum Gasteiger partial charge on any atom is -0.308 e. The first-order valence-electron chi connectivity index (χ1n) is 13.9. The summed E-state index contributed by atoms with van der Waals surface area (Å²) >= 11 is 0. The van der Waals surface area contributed by atoms with Crippen LogP contribution in [0.15, 0.2) is 91.0 Å². The summed E-state index contributed by atoms with van der Waals surface area (Å²) in [6.45, 7) is 13.3. The van der Waals surface area contributed by atoms with Crippen molar-refractivity contribution in [3.05, 3.63) is 136 Å². The number of nitrogens with zero attached hydrogens (tertiary/aromatic N) is 4. The molecule has 2 heterocycles. The normalized spacial score (nSPS) is 12.5. The molecule has 43 heavy (non-hydrogen) atoms. The molecule has 0 fully saturated rings. The number of anilines is 1. The predicted molar refractivity (Wildman–Crippen MR) is 169 cm³/mol. The molecule has 204 valence electrons. The van der Waals surface area contributed by atoms with Crippen molar-refractivity contribution in [2.24, 2.45) is 0 Å². The lowest BCUT2D eigenvalue weighted by molar-refractivity contribution is 0.0925. The maximum absolute atomic E-state index is 14.2. The molecule has 6 heteroatoms. The van der Waals surface area contributed by atoms with Crippen LogP contribution in [0.2, 0.25) is 0 Å². The molecule has 0 N–H and O–H groups in total. The minimum absolute atomic E-state index is 0.326. The van der Waals surface area contributed by atoms with E-state index in [9.17, 15) is 14.9 Å². The van der Waals surface area contributed by atoms with Crippen LogP contribution in [0.3, 0.4) is 0 Å². The number of rotatable bonds is 3. The number of para-hydroxylation sites is 1. The van der Waals surface area contributed by atoms with Crippen LogP contribution >= 0.6 is 0 Å². The Morgan fingerprint density at radius 1 is 0.744 bits per heavy atom. The molecular weight excluding hydrogens is 532 g/mol. The number of imide groups is 1. The Kier molecular flexibility index (Phi) is 5.76. The maximum atomic E-state index is 14.2. The van der Waals surface area contributed by atoms with E-state index < -0.39 is 0 Å². The summed E-state index contributed by atoms with van der Waals surface area (Å²) in [4.78, 5) is 32.9. The van der Waals surface area contributed by atoms with Gasteiger partial charge in [-0.3, -0.25) is 9.59 Å². The smallest absolute Gasteiger partial charge is 0.268 e. The summed E-state index contributed by atoms with van der Waals surface area (Å²) in [5.74, 6) is -0.666. The largest absolute Gasteiger partial charge is 0.308 e. The molecule has 0 saturated carbocycles. The molecule has 1 aliphatic rings. The first kappa shape index (κ1) is 26.0. The van der Waals surface area contributed by atoms with Crippen LogP contribution in [-0.2, 0) is 0 Å². The molecule has 0 saturated heterocycles. The summed E-state index contributed by atoms with van der Waals surface area (Å²) in [5, 5.41) is 11.4. The van der Waals surface area contributed by atoms with E-state index in [-0.39, 0.29) is 11.8 Å². The van der Waals surface area contributed by atoms with E-state index >= 15 is 0 Å². The average Bonchev–Trinajstić information content (AvgIpc) is 3.47. The van der Waals surface area contributed by atoms with E-state index in [1.54, 1.807) is 24.3 Å². The molecule has 2 amide bonds. The molecule has 1 aliphatic heterocycles. The average molecular weight is 557 g/mol. The Morgan fingerprint density at radius 3 is 2.23 bits per heavy atom. The second-order valence-electron chi connectivity index (χ2n) is 11.0. The number of hydrogen-bond donors (Lipinski definition) is 0. The number of aryl methyl sites for hydroxylation is 3. The second-order valence-corrected chi connectivity index (χ2v) is 11.0.